The number of amides is 1. The van der Waals surface area contributed by atoms with Gasteiger partial charge in [0.2, 0.25) is 5.91 Å². The molecule has 0 saturated heterocycles. The summed E-state index contributed by atoms with van der Waals surface area (Å²) in [5.74, 6) is 0.588. The maximum absolute atomic E-state index is 11.0. The van der Waals surface area contributed by atoms with Crippen molar-refractivity contribution in [2.24, 2.45) is 0 Å². The average Bonchev–Trinajstić information content (AvgIpc) is 2.05. The molecule has 72 valence electrons. The highest BCUT2D eigenvalue weighted by Gasteiger charge is 2.04. The standard InChI is InChI=1S/C8H16ClNO2/c1-7(6-11)10-8(12)4-2-3-5-9/h7,11H,2-6H2,1H3,(H,10,12)/t7-/m0/s1. The number of nitrogens with one attached hydrogen (secondary N) is 1. The van der Waals surface area contributed by atoms with Gasteiger partial charge >= 0.3 is 0 Å². The molecule has 2 N–H and O–H groups in total. The fourth-order valence-corrected chi connectivity index (χ4v) is 0.962. The molecule has 0 bridgehead atoms. The Bertz CT molecular complexity index is 130. The maximum atomic E-state index is 11.0. The van der Waals surface area contributed by atoms with Crippen molar-refractivity contribution < 1.29 is 9.90 Å². The normalized spacial score (nSPS) is 12.6. The van der Waals surface area contributed by atoms with Crippen molar-refractivity contribution in [1.29, 1.82) is 0 Å². The Labute approximate surface area is 78.1 Å². The summed E-state index contributed by atoms with van der Waals surface area (Å²) in [5, 5.41) is 11.3. The van der Waals surface area contributed by atoms with Gasteiger partial charge in [-0.05, 0) is 19.8 Å². The Morgan fingerprint density at radius 1 is 1.58 bits per heavy atom. The predicted octanol–water partition coefficient (Wildman–Crippen LogP) is 0.892. The molecule has 0 aromatic heterocycles. The van der Waals surface area contributed by atoms with Gasteiger partial charge in [-0.25, -0.2) is 0 Å². The largest absolute Gasteiger partial charge is 0.394 e. The molecular formula is C8H16ClNO2. The van der Waals surface area contributed by atoms with E-state index in [1.807, 2.05) is 0 Å². The molecule has 0 saturated carbocycles. The lowest BCUT2D eigenvalue weighted by atomic mass is 10.2. The third kappa shape index (κ3) is 6.43. The lowest BCUT2D eigenvalue weighted by Gasteiger charge is -2.09. The van der Waals surface area contributed by atoms with Gasteiger partial charge in [0.05, 0.1) is 6.61 Å². The first-order chi connectivity index (χ1) is 5.70. The third-order valence-corrected chi connectivity index (χ3v) is 1.74. The highest BCUT2D eigenvalue weighted by molar-refractivity contribution is 6.17. The SMILES string of the molecule is C[C@@H](CO)NC(=O)CCCCCl. The van der Waals surface area contributed by atoms with Gasteiger partial charge in [0.15, 0.2) is 0 Å². The first kappa shape index (κ1) is 11.7. The molecule has 0 aliphatic carbocycles. The van der Waals surface area contributed by atoms with E-state index in [1.165, 1.54) is 0 Å². The lowest BCUT2D eigenvalue weighted by Crippen LogP contribution is -2.34. The number of aliphatic hydroxyl groups excluding tert-OH is 1. The van der Waals surface area contributed by atoms with Gasteiger partial charge in [-0.3, -0.25) is 4.79 Å². The Balaban J connectivity index is 3.33. The van der Waals surface area contributed by atoms with Crippen molar-refractivity contribution in [3.63, 3.8) is 0 Å². The summed E-state index contributed by atoms with van der Waals surface area (Å²) >= 11 is 5.45. The van der Waals surface area contributed by atoms with E-state index in [-0.39, 0.29) is 18.6 Å². The number of unbranched alkanes of at least 4 members (excludes halogenated alkanes) is 1. The number of rotatable bonds is 6. The van der Waals surface area contributed by atoms with E-state index in [1.54, 1.807) is 6.92 Å². The molecule has 0 fully saturated rings. The minimum absolute atomic E-state index is 0.0123. The fraction of sp³-hybridized carbons (Fsp3) is 0.875. The van der Waals surface area contributed by atoms with Crippen LogP contribution in [-0.2, 0) is 4.79 Å². The molecule has 0 radical (unpaired) electrons. The van der Waals surface area contributed by atoms with Gasteiger partial charge < -0.3 is 10.4 Å². The van der Waals surface area contributed by atoms with Gasteiger partial charge in [-0.2, -0.15) is 0 Å². The second-order valence-electron chi connectivity index (χ2n) is 2.80. The first-order valence-electron chi connectivity index (χ1n) is 4.17. The summed E-state index contributed by atoms with van der Waals surface area (Å²) in [4.78, 5) is 11.0. The van der Waals surface area contributed by atoms with Gasteiger partial charge in [0.1, 0.15) is 0 Å². The Hall–Kier alpha value is -0.280. The number of carbonyl (C=O) groups is 1. The molecule has 0 aromatic rings. The number of carbonyl (C=O) groups excluding carboxylic acids is 1. The molecule has 0 heterocycles. The first-order valence-corrected chi connectivity index (χ1v) is 4.70. The lowest BCUT2D eigenvalue weighted by molar-refractivity contribution is -0.122. The van der Waals surface area contributed by atoms with E-state index >= 15 is 0 Å². The Kier molecular flexibility index (Phi) is 7.20. The van der Waals surface area contributed by atoms with Crippen LogP contribution in [0.1, 0.15) is 26.2 Å². The number of alkyl halides is 1. The van der Waals surface area contributed by atoms with Crippen molar-refractivity contribution >= 4 is 17.5 Å². The summed E-state index contributed by atoms with van der Waals surface area (Å²) in [7, 11) is 0. The number of halogens is 1. The zero-order valence-electron chi connectivity index (χ0n) is 7.35. The molecular weight excluding hydrogens is 178 g/mol. The van der Waals surface area contributed by atoms with Crippen LogP contribution in [0.5, 0.6) is 0 Å². The molecule has 0 aromatic carbocycles. The zero-order valence-corrected chi connectivity index (χ0v) is 8.10. The Morgan fingerprint density at radius 2 is 2.25 bits per heavy atom. The molecule has 0 rings (SSSR count). The van der Waals surface area contributed by atoms with Crippen LogP contribution in [0, 0.1) is 0 Å². The molecule has 0 aliphatic heterocycles. The van der Waals surface area contributed by atoms with Crippen LogP contribution in [0.25, 0.3) is 0 Å². The number of hydrogen-bond acceptors (Lipinski definition) is 2. The molecule has 1 atom stereocenters. The molecule has 3 nitrogen and oxygen atoms in total. The van der Waals surface area contributed by atoms with Gasteiger partial charge in [0, 0.05) is 18.3 Å². The van der Waals surface area contributed by atoms with E-state index in [4.69, 9.17) is 16.7 Å². The van der Waals surface area contributed by atoms with Crippen LogP contribution < -0.4 is 5.32 Å². The van der Waals surface area contributed by atoms with E-state index < -0.39 is 0 Å². The second kappa shape index (κ2) is 7.37. The molecule has 0 unspecified atom stereocenters. The topological polar surface area (TPSA) is 49.3 Å². The monoisotopic (exact) mass is 193 g/mol. The van der Waals surface area contributed by atoms with Crippen molar-refractivity contribution in [3.8, 4) is 0 Å². The maximum Gasteiger partial charge on any atom is 0.220 e. The highest BCUT2D eigenvalue weighted by atomic mass is 35.5. The summed E-state index contributed by atoms with van der Waals surface area (Å²) in [6.07, 6.45) is 2.17. The van der Waals surface area contributed by atoms with Crippen molar-refractivity contribution in [2.45, 2.75) is 32.2 Å². The number of aliphatic hydroxyl groups is 1. The predicted molar refractivity (Wildman–Crippen MR) is 49.3 cm³/mol. The third-order valence-electron chi connectivity index (χ3n) is 1.47. The molecule has 4 heteroatoms. The Morgan fingerprint density at radius 3 is 2.75 bits per heavy atom. The quantitative estimate of drug-likeness (QED) is 0.486. The van der Waals surface area contributed by atoms with Gasteiger partial charge in [-0.15, -0.1) is 11.6 Å². The summed E-state index contributed by atoms with van der Waals surface area (Å²) in [6, 6.07) is -0.145. The number of hydrogen-bond donors (Lipinski definition) is 2. The zero-order chi connectivity index (χ0) is 9.40. The molecule has 1 amide bonds. The molecule has 12 heavy (non-hydrogen) atoms. The van der Waals surface area contributed by atoms with Gasteiger partial charge in [-0.1, -0.05) is 0 Å². The van der Waals surface area contributed by atoms with E-state index in [2.05, 4.69) is 5.32 Å². The smallest absolute Gasteiger partial charge is 0.220 e. The summed E-state index contributed by atoms with van der Waals surface area (Å²) in [6.45, 7) is 1.75. The van der Waals surface area contributed by atoms with E-state index in [9.17, 15) is 4.79 Å². The van der Waals surface area contributed by atoms with Crippen molar-refractivity contribution in [3.05, 3.63) is 0 Å². The van der Waals surface area contributed by atoms with Crippen LogP contribution in [0.15, 0.2) is 0 Å². The second-order valence-corrected chi connectivity index (χ2v) is 3.18. The molecule has 0 aliphatic rings. The highest BCUT2D eigenvalue weighted by Crippen LogP contribution is 1.97. The van der Waals surface area contributed by atoms with Crippen LogP contribution >= 0.6 is 11.6 Å². The minimum atomic E-state index is -0.145. The van der Waals surface area contributed by atoms with Gasteiger partial charge in [0.25, 0.3) is 0 Å². The van der Waals surface area contributed by atoms with Crippen LogP contribution in [0.2, 0.25) is 0 Å². The fourth-order valence-electron chi connectivity index (χ4n) is 0.773. The average molecular weight is 194 g/mol. The van der Waals surface area contributed by atoms with Crippen LogP contribution in [-0.4, -0.2) is 29.5 Å². The van der Waals surface area contributed by atoms with Crippen molar-refractivity contribution in [1.82, 2.24) is 5.32 Å². The minimum Gasteiger partial charge on any atom is -0.394 e. The van der Waals surface area contributed by atoms with E-state index in [0.29, 0.717) is 12.3 Å². The van der Waals surface area contributed by atoms with Crippen molar-refractivity contribution in [2.75, 3.05) is 12.5 Å². The summed E-state index contributed by atoms with van der Waals surface area (Å²) < 4.78 is 0. The van der Waals surface area contributed by atoms with E-state index in [0.717, 1.165) is 12.8 Å². The summed E-state index contributed by atoms with van der Waals surface area (Å²) in [5.41, 5.74) is 0. The van der Waals surface area contributed by atoms with Crippen LogP contribution in [0.4, 0.5) is 0 Å². The molecule has 0 spiro atoms. The van der Waals surface area contributed by atoms with Crippen LogP contribution in [0.3, 0.4) is 0 Å².